The van der Waals surface area contributed by atoms with Crippen LogP contribution in [-0.4, -0.2) is 4.98 Å². The molecule has 1 N–H and O–H groups in total. The van der Waals surface area contributed by atoms with Crippen LogP contribution in [0.25, 0.3) is 0 Å². The molecule has 84 valence electrons. The molecule has 17 heavy (non-hydrogen) atoms. The van der Waals surface area contributed by atoms with Gasteiger partial charge >= 0.3 is 0 Å². The van der Waals surface area contributed by atoms with E-state index in [4.69, 9.17) is 5.26 Å². The minimum Gasteiger partial charge on any atom is -0.339 e. The molecule has 0 saturated carbocycles. The van der Waals surface area contributed by atoms with Crippen LogP contribution in [-0.2, 0) is 0 Å². The van der Waals surface area contributed by atoms with Crippen molar-refractivity contribution in [2.75, 3.05) is 5.32 Å². The van der Waals surface area contributed by atoms with Gasteiger partial charge in [-0.25, -0.2) is 4.98 Å². The second-order valence-electron chi connectivity index (χ2n) is 3.96. The Morgan fingerprint density at radius 1 is 1.24 bits per heavy atom. The van der Waals surface area contributed by atoms with Crippen LogP contribution in [0.1, 0.15) is 16.7 Å². The van der Waals surface area contributed by atoms with Crippen LogP contribution in [0.2, 0.25) is 0 Å². The molecule has 2 aromatic rings. The van der Waals surface area contributed by atoms with E-state index < -0.39 is 0 Å². The monoisotopic (exact) mass is 223 g/mol. The van der Waals surface area contributed by atoms with E-state index in [1.165, 1.54) is 5.56 Å². The van der Waals surface area contributed by atoms with E-state index in [0.717, 1.165) is 11.3 Å². The maximum Gasteiger partial charge on any atom is 0.148 e. The van der Waals surface area contributed by atoms with Crippen LogP contribution in [0.3, 0.4) is 0 Å². The molecule has 2 rings (SSSR count). The van der Waals surface area contributed by atoms with E-state index in [2.05, 4.69) is 16.4 Å². The smallest absolute Gasteiger partial charge is 0.148 e. The third-order valence-corrected chi connectivity index (χ3v) is 2.55. The van der Waals surface area contributed by atoms with Gasteiger partial charge in [0.1, 0.15) is 11.9 Å². The highest BCUT2D eigenvalue weighted by Gasteiger charge is 2.06. The molecule has 1 heterocycles. The van der Waals surface area contributed by atoms with Crippen LogP contribution in [0, 0.1) is 25.2 Å². The molecule has 0 bridgehead atoms. The quantitative estimate of drug-likeness (QED) is 0.849. The van der Waals surface area contributed by atoms with Crippen molar-refractivity contribution in [3.8, 4) is 6.07 Å². The summed E-state index contributed by atoms with van der Waals surface area (Å²) in [5, 5.41) is 12.3. The normalized spacial score (nSPS) is 9.71. The zero-order valence-electron chi connectivity index (χ0n) is 9.86. The summed E-state index contributed by atoms with van der Waals surface area (Å²) < 4.78 is 0. The predicted octanol–water partition coefficient (Wildman–Crippen LogP) is 3.31. The van der Waals surface area contributed by atoms with Crippen molar-refractivity contribution in [1.82, 2.24) is 4.98 Å². The van der Waals surface area contributed by atoms with Crippen molar-refractivity contribution in [3.63, 3.8) is 0 Å². The van der Waals surface area contributed by atoms with Gasteiger partial charge < -0.3 is 5.32 Å². The van der Waals surface area contributed by atoms with Gasteiger partial charge in [0.05, 0.1) is 5.56 Å². The Hall–Kier alpha value is -2.34. The van der Waals surface area contributed by atoms with Crippen LogP contribution in [0.5, 0.6) is 0 Å². The standard InChI is InChI=1S/C14H13N3/c1-10-4-3-5-12(8-10)17-14-13(9-15)11(2)6-7-16-14/h3-8H,1-2H3,(H,16,17). The topological polar surface area (TPSA) is 48.7 Å². The summed E-state index contributed by atoms with van der Waals surface area (Å²) >= 11 is 0. The molecule has 1 aromatic heterocycles. The number of nitriles is 1. The summed E-state index contributed by atoms with van der Waals surface area (Å²) in [5.74, 6) is 0.609. The minimum atomic E-state index is 0.592. The summed E-state index contributed by atoms with van der Waals surface area (Å²) in [4.78, 5) is 4.20. The van der Waals surface area contributed by atoms with Crippen molar-refractivity contribution < 1.29 is 0 Å². The predicted molar refractivity (Wildman–Crippen MR) is 68.2 cm³/mol. The SMILES string of the molecule is Cc1cccc(Nc2nccc(C)c2C#N)c1. The van der Waals surface area contributed by atoms with Gasteiger partial charge in [0, 0.05) is 11.9 Å². The molecular formula is C14H13N3. The van der Waals surface area contributed by atoms with Gasteiger partial charge in [0.15, 0.2) is 0 Å². The molecular weight excluding hydrogens is 210 g/mol. The molecule has 3 heteroatoms. The molecule has 0 fully saturated rings. The number of anilines is 2. The lowest BCUT2D eigenvalue weighted by Crippen LogP contribution is -1.98. The zero-order valence-corrected chi connectivity index (χ0v) is 9.86. The molecule has 0 aliphatic rings. The minimum absolute atomic E-state index is 0.592. The summed E-state index contributed by atoms with van der Waals surface area (Å²) in [6.45, 7) is 3.93. The van der Waals surface area contributed by atoms with Gasteiger partial charge in [-0.05, 0) is 43.2 Å². The highest BCUT2D eigenvalue weighted by atomic mass is 15.0. The Morgan fingerprint density at radius 3 is 2.76 bits per heavy atom. The van der Waals surface area contributed by atoms with Crippen molar-refractivity contribution in [1.29, 1.82) is 5.26 Å². The zero-order chi connectivity index (χ0) is 12.3. The molecule has 0 amide bonds. The first-order valence-corrected chi connectivity index (χ1v) is 5.40. The fourth-order valence-corrected chi connectivity index (χ4v) is 1.65. The average Bonchev–Trinajstić information content (AvgIpc) is 2.29. The number of hydrogen-bond donors (Lipinski definition) is 1. The molecule has 3 nitrogen and oxygen atoms in total. The van der Waals surface area contributed by atoms with E-state index in [1.807, 2.05) is 44.2 Å². The number of rotatable bonds is 2. The molecule has 0 radical (unpaired) electrons. The molecule has 0 aliphatic heterocycles. The second-order valence-corrected chi connectivity index (χ2v) is 3.96. The Kier molecular flexibility index (Phi) is 3.06. The maximum absolute atomic E-state index is 9.10. The van der Waals surface area contributed by atoms with Crippen LogP contribution in [0.15, 0.2) is 36.5 Å². The van der Waals surface area contributed by atoms with Crippen molar-refractivity contribution >= 4 is 11.5 Å². The van der Waals surface area contributed by atoms with E-state index in [9.17, 15) is 0 Å². The number of hydrogen-bond acceptors (Lipinski definition) is 3. The van der Waals surface area contributed by atoms with Gasteiger partial charge in [-0.1, -0.05) is 12.1 Å². The van der Waals surface area contributed by atoms with Crippen molar-refractivity contribution in [3.05, 3.63) is 53.2 Å². The third kappa shape index (κ3) is 2.43. The van der Waals surface area contributed by atoms with Gasteiger partial charge in [-0.2, -0.15) is 5.26 Å². The number of pyridine rings is 1. The lowest BCUT2D eigenvalue weighted by molar-refractivity contribution is 1.24. The summed E-state index contributed by atoms with van der Waals surface area (Å²) in [6, 6.07) is 12.0. The molecule has 0 aliphatic carbocycles. The molecule has 0 unspecified atom stereocenters. The summed E-state index contributed by atoms with van der Waals surface area (Å²) in [7, 11) is 0. The number of aromatic nitrogens is 1. The van der Waals surface area contributed by atoms with Crippen molar-refractivity contribution in [2.24, 2.45) is 0 Å². The lowest BCUT2D eigenvalue weighted by atomic mass is 10.1. The average molecular weight is 223 g/mol. The number of aryl methyl sites for hydroxylation is 2. The Labute approximate surface area is 101 Å². The first-order valence-electron chi connectivity index (χ1n) is 5.40. The Bertz CT molecular complexity index is 582. The lowest BCUT2D eigenvalue weighted by Gasteiger charge is -2.09. The molecule has 0 atom stereocenters. The van der Waals surface area contributed by atoms with Gasteiger partial charge in [-0.3, -0.25) is 0 Å². The first-order chi connectivity index (χ1) is 8.20. The third-order valence-electron chi connectivity index (χ3n) is 2.55. The Balaban J connectivity index is 2.37. The molecule has 0 saturated heterocycles. The summed E-state index contributed by atoms with van der Waals surface area (Å²) in [5.41, 5.74) is 3.63. The fraction of sp³-hybridized carbons (Fsp3) is 0.143. The first kappa shape index (κ1) is 11.2. The van der Waals surface area contributed by atoms with E-state index >= 15 is 0 Å². The number of nitrogens with zero attached hydrogens (tertiary/aromatic N) is 2. The Morgan fingerprint density at radius 2 is 2.06 bits per heavy atom. The molecule has 1 aromatic carbocycles. The van der Waals surface area contributed by atoms with E-state index in [0.29, 0.717) is 11.4 Å². The highest BCUT2D eigenvalue weighted by Crippen LogP contribution is 2.20. The number of nitrogens with one attached hydrogen (secondary N) is 1. The maximum atomic E-state index is 9.10. The van der Waals surface area contributed by atoms with E-state index in [1.54, 1.807) is 6.20 Å². The van der Waals surface area contributed by atoms with Gasteiger partial charge in [-0.15, -0.1) is 0 Å². The molecule has 0 spiro atoms. The second kappa shape index (κ2) is 4.67. The highest BCUT2D eigenvalue weighted by molar-refractivity contribution is 5.64. The van der Waals surface area contributed by atoms with Gasteiger partial charge in [0.2, 0.25) is 0 Å². The van der Waals surface area contributed by atoms with Gasteiger partial charge in [0.25, 0.3) is 0 Å². The number of benzene rings is 1. The largest absolute Gasteiger partial charge is 0.339 e. The van der Waals surface area contributed by atoms with E-state index in [-0.39, 0.29) is 0 Å². The van der Waals surface area contributed by atoms with Crippen LogP contribution in [0.4, 0.5) is 11.5 Å². The van der Waals surface area contributed by atoms with Crippen LogP contribution >= 0.6 is 0 Å². The fourth-order valence-electron chi connectivity index (χ4n) is 1.65. The summed E-state index contributed by atoms with van der Waals surface area (Å²) in [6.07, 6.45) is 1.70. The van der Waals surface area contributed by atoms with Crippen molar-refractivity contribution in [2.45, 2.75) is 13.8 Å². The van der Waals surface area contributed by atoms with Crippen LogP contribution < -0.4 is 5.32 Å².